The van der Waals surface area contributed by atoms with Gasteiger partial charge in [0, 0.05) is 10.9 Å². The van der Waals surface area contributed by atoms with Crippen molar-refractivity contribution in [2.24, 2.45) is 5.92 Å². The third kappa shape index (κ3) is 3.52. The molecule has 0 aromatic heterocycles. The lowest BCUT2D eigenvalue weighted by atomic mass is 9.83. The van der Waals surface area contributed by atoms with Gasteiger partial charge in [-0.05, 0) is 37.3 Å². The number of hydrogen-bond donors (Lipinski definition) is 1. The summed E-state index contributed by atoms with van der Waals surface area (Å²) in [6.45, 7) is 0. The van der Waals surface area contributed by atoms with E-state index in [2.05, 4.69) is 42.9 Å². The largest absolute Gasteiger partial charge is 0.313 e. The zero-order valence-corrected chi connectivity index (χ0v) is 12.4. The van der Waals surface area contributed by atoms with Crippen LogP contribution in [-0.4, -0.2) is 13.3 Å². The lowest BCUT2D eigenvalue weighted by molar-refractivity contribution is 0.304. The molecule has 1 fully saturated rings. The van der Waals surface area contributed by atoms with Crippen LogP contribution in [0.2, 0.25) is 0 Å². The van der Waals surface area contributed by atoms with Crippen molar-refractivity contribution in [3.63, 3.8) is 0 Å². The van der Waals surface area contributed by atoms with E-state index in [9.17, 15) is 0 Å². The van der Waals surface area contributed by atoms with Gasteiger partial charge < -0.3 is 5.32 Å². The zero-order chi connectivity index (χ0) is 12.8. The second kappa shape index (κ2) is 7.20. The molecule has 1 aliphatic carbocycles. The van der Waals surface area contributed by atoms with E-state index in [1.54, 1.807) is 0 Å². The molecule has 1 saturated carbocycles. The minimum Gasteiger partial charge on any atom is -0.313 e. The number of benzene rings is 1. The molecule has 18 heavy (non-hydrogen) atoms. The van der Waals surface area contributed by atoms with Gasteiger partial charge in [-0.2, -0.15) is 0 Å². The van der Waals surface area contributed by atoms with Crippen molar-refractivity contribution < 1.29 is 0 Å². The summed E-state index contributed by atoms with van der Waals surface area (Å²) in [6, 6.07) is 9.36. The van der Waals surface area contributed by atoms with Gasteiger partial charge in [0.05, 0.1) is 0 Å². The summed E-state index contributed by atoms with van der Waals surface area (Å²) in [6.07, 6.45) is 10.7. The van der Waals surface area contributed by atoms with Crippen LogP contribution in [0.3, 0.4) is 0 Å². The van der Waals surface area contributed by atoms with E-state index in [4.69, 9.17) is 0 Å². The molecule has 0 bridgehead atoms. The standard InChI is InChI=1S/C16H25NS/c1-17-15(12-13-8-4-3-5-9-13)14-10-6-7-11-16(14)18-2/h6-7,10-11,13,15,17H,3-5,8-9,12H2,1-2H3. The molecule has 0 aliphatic heterocycles. The van der Waals surface area contributed by atoms with E-state index in [-0.39, 0.29) is 0 Å². The molecule has 100 valence electrons. The van der Waals surface area contributed by atoms with E-state index in [1.807, 2.05) is 11.8 Å². The Morgan fingerprint density at radius 1 is 1.22 bits per heavy atom. The van der Waals surface area contributed by atoms with Crippen molar-refractivity contribution >= 4 is 11.8 Å². The van der Waals surface area contributed by atoms with Crippen LogP contribution in [0.1, 0.15) is 50.1 Å². The van der Waals surface area contributed by atoms with Gasteiger partial charge in [0.25, 0.3) is 0 Å². The fraction of sp³-hybridized carbons (Fsp3) is 0.625. The van der Waals surface area contributed by atoms with Gasteiger partial charge in [0.2, 0.25) is 0 Å². The fourth-order valence-electron chi connectivity index (χ4n) is 3.11. The molecule has 0 amide bonds. The maximum Gasteiger partial charge on any atom is 0.0331 e. The molecular weight excluding hydrogens is 238 g/mol. The van der Waals surface area contributed by atoms with Gasteiger partial charge >= 0.3 is 0 Å². The molecular formula is C16H25NS. The molecule has 1 N–H and O–H groups in total. The van der Waals surface area contributed by atoms with Crippen molar-refractivity contribution in [1.29, 1.82) is 0 Å². The summed E-state index contributed by atoms with van der Waals surface area (Å²) < 4.78 is 0. The van der Waals surface area contributed by atoms with Crippen molar-refractivity contribution in [1.82, 2.24) is 5.32 Å². The van der Waals surface area contributed by atoms with Crippen LogP contribution in [0, 0.1) is 5.92 Å². The van der Waals surface area contributed by atoms with E-state index in [0.29, 0.717) is 6.04 Å². The maximum atomic E-state index is 3.53. The van der Waals surface area contributed by atoms with Gasteiger partial charge in [0.15, 0.2) is 0 Å². The molecule has 0 spiro atoms. The normalized spacial score (nSPS) is 18.8. The minimum absolute atomic E-state index is 0.525. The average molecular weight is 263 g/mol. The summed E-state index contributed by atoms with van der Waals surface area (Å²) in [4.78, 5) is 1.42. The Balaban J connectivity index is 2.07. The average Bonchev–Trinajstić information content (AvgIpc) is 2.46. The quantitative estimate of drug-likeness (QED) is 0.777. The summed E-state index contributed by atoms with van der Waals surface area (Å²) >= 11 is 1.86. The maximum absolute atomic E-state index is 3.53. The fourth-order valence-corrected chi connectivity index (χ4v) is 3.77. The predicted octanol–water partition coefficient (Wildman–Crippen LogP) is 4.64. The van der Waals surface area contributed by atoms with Gasteiger partial charge in [0.1, 0.15) is 0 Å². The summed E-state index contributed by atoms with van der Waals surface area (Å²) in [5.74, 6) is 0.922. The molecule has 0 heterocycles. The van der Waals surface area contributed by atoms with Crippen molar-refractivity contribution in [2.45, 2.75) is 49.5 Å². The smallest absolute Gasteiger partial charge is 0.0331 e. The van der Waals surface area contributed by atoms with Crippen LogP contribution in [0.5, 0.6) is 0 Å². The van der Waals surface area contributed by atoms with Gasteiger partial charge in [-0.15, -0.1) is 11.8 Å². The van der Waals surface area contributed by atoms with Crippen molar-refractivity contribution in [2.75, 3.05) is 13.3 Å². The Hall–Kier alpha value is -0.470. The molecule has 2 rings (SSSR count). The third-order valence-electron chi connectivity index (χ3n) is 4.16. The van der Waals surface area contributed by atoms with Gasteiger partial charge in [-0.25, -0.2) is 0 Å². The molecule has 0 saturated heterocycles. The highest BCUT2D eigenvalue weighted by Gasteiger charge is 2.20. The zero-order valence-electron chi connectivity index (χ0n) is 11.6. The first-order chi connectivity index (χ1) is 8.85. The highest BCUT2D eigenvalue weighted by atomic mass is 32.2. The van der Waals surface area contributed by atoms with E-state index >= 15 is 0 Å². The molecule has 2 heteroatoms. The first-order valence-electron chi connectivity index (χ1n) is 7.15. The van der Waals surface area contributed by atoms with Crippen molar-refractivity contribution in [3.8, 4) is 0 Å². The molecule has 1 aromatic rings. The van der Waals surface area contributed by atoms with E-state index < -0.39 is 0 Å². The van der Waals surface area contributed by atoms with E-state index in [0.717, 1.165) is 5.92 Å². The Bertz CT molecular complexity index is 358. The lowest BCUT2D eigenvalue weighted by Crippen LogP contribution is -2.21. The molecule has 1 unspecified atom stereocenters. The molecule has 1 aromatic carbocycles. The second-order valence-electron chi connectivity index (χ2n) is 5.32. The van der Waals surface area contributed by atoms with Gasteiger partial charge in [-0.1, -0.05) is 50.3 Å². The Kier molecular flexibility index (Phi) is 5.58. The van der Waals surface area contributed by atoms with Gasteiger partial charge in [-0.3, -0.25) is 0 Å². The molecule has 1 aliphatic rings. The topological polar surface area (TPSA) is 12.0 Å². The summed E-state index contributed by atoms with van der Waals surface area (Å²) in [7, 11) is 2.10. The lowest BCUT2D eigenvalue weighted by Gasteiger charge is -2.27. The Morgan fingerprint density at radius 3 is 2.61 bits per heavy atom. The third-order valence-corrected chi connectivity index (χ3v) is 4.97. The highest BCUT2D eigenvalue weighted by molar-refractivity contribution is 7.98. The van der Waals surface area contributed by atoms with Crippen LogP contribution < -0.4 is 5.32 Å². The predicted molar refractivity (Wildman–Crippen MR) is 81.2 cm³/mol. The first kappa shape index (κ1) is 14.0. The van der Waals surface area contributed by atoms with Crippen LogP contribution >= 0.6 is 11.8 Å². The molecule has 0 radical (unpaired) electrons. The highest BCUT2D eigenvalue weighted by Crippen LogP contribution is 2.34. The van der Waals surface area contributed by atoms with Crippen LogP contribution in [-0.2, 0) is 0 Å². The SMILES string of the molecule is CNC(CC1CCCCC1)c1ccccc1SC. The minimum atomic E-state index is 0.525. The monoisotopic (exact) mass is 263 g/mol. The molecule has 1 atom stereocenters. The Labute approximate surface area is 116 Å². The number of rotatable bonds is 5. The van der Waals surface area contributed by atoms with Crippen molar-refractivity contribution in [3.05, 3.63) is 29.8 Å². The number of hydrogen-bond acceptors (Lipinski definition) is 2. The Morgan fingerprint density at radius 2 is 1.94 bits per heavy atom. The summed E-state index contributed by atoms with van der Waals surface area (Å²) in [5.41, 5.74) is 1.48. The first-order valence-corrected chi connectivity index (χ1v) is 8.37. The number of thioether (sulfide) groups is 1. The van der Waals surface area contributed by atoms with Crippen LogP contribution in [0.4, 0.5) is 0 Å². The van der Waals surface area contributed by atoms with Crippen LogP contribution in [0.15, 0.2) is 29.2 Å². The van der Waals surface area contributed by atoms with E-state index in [1.165, 1.54) is 49.0 Å². The number of nitrogens with one attached hydrogen (secondary N) is 1. The summed E-state index contributed by atoms with van der Waals surface area (Å²) in [5, 5.41) is 3.53. The molecule has 1 nitrogen and oxygen atoms in total. The second-order valence-corrected chi connectivity index (χ2v) is 6.17. The van der Waals surface area contributed by atoms with Crippen LogP contribution in [0.25, 0.3) is 0 Å².